The van der Waals surface area contributed by atoms with Gasteiger partial charge in [-0.15, -0.1) is 0 Å². The molecule has 0 amide bonds. The second-order valence-corrected chi connectivity index (χ2v) is 8.60. The van der Waals surface area contributed by atoms with Crippen LogP contribution in [0.2, 0.25) is 0 Å². The molecule has 0 saturated carbocycles. The minimum absolute atomic E-state index is 0.00457. The van der Waals surface area contributed by atoms with Crippen LogP contribution < -0.4 is 19.1 Å². The number of carbonyl (C=O) groups is 1. The van der Waals surface area contributed by atoms with Gasteiger partial charge in [-0.3, -0.25) is 0 Å². The summed E-state index contributed by atoms with van der Waals surface area (Å²) in [6.45, 7) is 2.76. The summed E-state index contributed by atoms with van der Waals surface area (Å²) in [5.74, 6) is 1.85. The Labute approximate surface area is 205 Å². The van der Waals surface area contributed by atoms with E-state index in [2.05, 4.69) is 9.88 Å². The highest BCUT2D eigenvalue weighted by molar-refractivity contribution is 5.88. The molecule has 1 aliphatic rings. The van der Waals surface area contributed by atoms with E-state index in [0.717, 1.165) is 53.3 Å². The lowest BCUT2D eigenvalue weighted by Crippen LogP contribution is -2.26. The molecule has 184 valence electrons. The van der Waals surface area contributed by atoms with Crippen LogP contribution in [0.3, 0.4) is 0 Å². The van der Waals surface area contributed by atoms with Crippen LogP contribution in [0.15, 0.2) is 42.6 Å². The number of anilines is 1. The second kappa shape index (κ2) is 10.6. The van der Waals surface area contributed by atoms with Crippen molar-refractivity contribution in [3.05, 3.63) is 70.5 Å². The average molecular weight is 478 g/mol. The number of carboxylic acids is 1. The molecule has 1 atom stereocenters. The van der Waals surface area contributed by atoms with E-state index >= 15 is 0 Å². The predicted molar refractivity (Wildman–Crippen MR) is 133 cm³/mol. The quantitative estimate of drug-likeness (QED) is 0.477. The van der Waals surface area contributed by atoms with Crippen LogP contribution in [0.5, 0.6) is 17.2 Å². The van der Waals surface area contributed by atoms with Crippen LogP contribution in [0, 0.1) is 6.92 Å². The molecule has 3 aromatic rings. The van der Waals surface area contributed by atoms with E-state index in [9.17, 15) is 9.90 Å². The molecule has 2 heterocycles. The summed E-state index contributed by atoms with van der Waals surface area (Å²) in [4.78, 5) is 23.2. The molecule has 1 aromatic heterocycles. The van der Waals surface area contributed by atoms with E-state index in [4.69, 9.17) is 19.2 Å². The Morgan fingerprint density at radius 1 is 1.06 bits per heavy atom. The van der Waals surface area contributed by atoms with Gasteiger partial charge in [-0.2, -0.15) is 0 Å². The Balaban J connectivity index is 1.64. The van der Waals surface area contributed by atoms with Gasteiger partial charge in [-0.25, -0.2) is 14.8 Å². The van der Waals surface area contributed by atoms with Gasteiger partial charge in [0.15, 0.2) is 0 Å². The number of nitrogens with zero attached hydrogens (tertiary/aromatic N) is 3. The van der Waals surface area contributed by atoms with Crippen LogP contribution in [0.25, 0.3) is 0 Å². The Kier molecular flexibility index (Phi) is 7.39. The van der Waals surface area contributed by atoms with Crippen LogP contribution in [0.1, 0.15) is 51.6 Å². The number of ether oxygens (including phenoxy) is 3. The van der Waals surface area contributed by atoms with Crippen molar-refractivity contribution in [2.45, 2.75) is 38.6 Å². The zero-order valence-electron chi connectivity index (χ0n) is 20.6. The van der Waals surface area contributed by atoms with Gasteiger partial charge >= 0.3 is 5.97 Å². The molecule has 1 aliphatic heterocycles. The Bertz CT molecular complexity index is 1210. The predicted octanol–water partition coefficient (Wildman–Crippen LogP) is 4.64. The first-order chi connectivity index (χ1) is 16.9. The van der Waals surface area contributed by atoms with Crippen molar-refractivity contribution >= 4 is 11.9 Å². The summed E-state index contributed by atoms with van der Waals surface area (Å²) in [7, 11) is 4.94. The zero-order valence-corrected chi connectivity index (χ0v) is 20.6. The molecule has 0 unspecified atom stereocenters. The Morgan fingerprint density at radius 2 is 1.86 bits per heavy atom. The number of methoxy groups -OCH3 is 3. The lowest BCUT2D eigenvalue weighted by Gasteiger charge is -2.27. The number of aromatic carboxylic acids is 1. The molecule has 1 N–H and O–H groups in total. The maximum atomic E-state index is 11.9. The summed E-state index contributed by atoms with van der Waals surface area (Å²) in [5.41, 5.74) is 3.76. The molecule has 4 rings (SSSR count). The highest BCUT2D eigenvalue weighted by Crippen LogP contribution is 2.40. The normalized spacial score (nSPS) is 15.2. The van der Waals surface area contributed by atoms with Gasteiger partial charge in [0.1, 0.15) is 17.2 Å². The fourth-order valence-electron chi connectivity index (χ4n) is 4.63. The van der Waals surface area contributed by atoms with Crippen molar-refractivity contribution in [3.63, 3.8) is 0 Å². The molecule has 8 nitrogen and oxygen atoms in total. The van der Waals surface area contributed by atoms with Crippen molar-refractivity contribution in [1.82, 2.24) is 9.97 Å². The third-order valence-corrected chi connectivity index (χ3v) is 6.51. The Morgan fingerprint density at radius 3 is 2.57 bits per heavy atom. The van der Waals surface area contributed by atoms with Gasteiger partial charge in [-0.1, -0.05) is 12.1 Å². The number of aromatic nitrogens is 2. The first-order valence-electron chi connectivity index (χ1n) is 11.7. The van der Waals surface area contributed by atoms with E-state index in [0.29, 0.717) is 24.5 Å². The van der Waals surface area contributed by atoms with Crippen molar-refractivity contribution in [1.29, 1.82) is 0 Å². The molecule has 2 aromatic carbocycles. The first kappa shape index (κ1) is 24.3. The highest BCUT2D eigenvalue weighted by Gasteiger charge is 2.31. The summed E-state index contributed by atoms with van der Waals surface area (Å²) in [6, 6.07) is 11.8. The van der Waals surface area contributed by atoms with Crippen molar-refractivity contribution < 1.29 is 24.1 Å². The first-order valence-corrected chi connectivity index (χ1v) is 11.7. The fraction of sp³-hybridized carbons (Fsp3) is 0.370. The van der Waals surface area contributed by atoms with E-state index in [1.54, 1.807) is 21.3 Å². The molecular weight excluding hydrogens is 446 g/mol. The van der Waals surface area contributed by atoms with Crippen molar-refractivity contribution in [3.8, 4) is 17.2 Å². The number of aryl methyl sites for hydroxylation is 3. The Hall–Kier alpha value is -3.81. The van der Waals surface area contributed by atoms with E-state index in [1.807, 2.05) is 43.3 Å². The standard InChI is InChI=1S/C27H31N3O5/c1-17-7-8-18(14-25(17)35-4)9-11-22-21(26(31)32)16-28-27(29-22)30-13-5-6-23(30)20-15-19(33-2)10-12-24(20)34-3/h7-8,10,12,14-16,23H,5-6,9,11,13H2,1-4H3,(H,31,32)/t23-/m0/s1. The summed E-state index contributed by atoms with van der Waals surface area (Å²) >= 11 is 0. The zero-order chi connectivity index (χ0) is 24.9. The number of rotatable bonds is 9. The van der Waals surface area contributed by atoms with Crippen LogP contribution in [0.4, 0.5) is 5.95 Å². The van der Waals surface area contributed by atoms with E-state index in [1.165, 1.54) is 6.20 Å². The van der Waals surface area contributed by atoms with Gasteiger partial charge in [-0.05, 0) is 68.0 Å². The molecule has 0 radical (unpaired) electrons. The molecule has 0 spiro atoms. The molecule has 1 saturated heterocycles. The third-order valence-electron chi connectivity index (χ3n) is 6.51. The van der Waals surface area contributed by atoms with Crippen LogP contribution in [-0.4, -0.2) is 48.9 Å². The third kappa shape index (κ3) is 5.16. The van der Waals surface area contributed by atoms with Crippen LogP contribution >= 0.6 is 0 Å². The number of hydrogen-bond acceptors (Lipinski definition) is 7. The minimum Gasteiger partial charge on any atom is -0.497 e. The molecule has 35 heavy (non-hydrogen) atoms. The van der Waals surface area contributed by atoms with Gasteiger partial charge in [0.2, 0.25) is 5.95 Å². The maximum absolute atomic E-state index is 11.9. The van der Waals surface area contributed by atoms with E-state index in [-0.39, 0.29) is 11.6 Å². The van der Waals surface area contributed by atoms with E-state index < -0.39 is 5.97 Å². The largest absolute Gasteiger partial charge is 0.497 e. The maximum Gasteiger partial charge on any atom is 0.339 e. The lowest BCUT2D eigenvalue weighted by molar-refractivity contribution is 0.0694. The SMILES string of the molecule is COc1ccc(OC)c([C@@H]2CCCN2c2ncc(C(=O)O)c(CCc3ccc(C)c(OC)c3)n2)c1. The van der Waals surface area contributed by atoms with Crippen molar-refractivity contribution in [2.24, 2.45) is 0 Å². The van der Waals surface area contributed by atoms with Crippen LogP contribution in [-0.2, 0) is 12.8 Å². The van der Waals surface area contributed by atoms with Gasteiger partial charge < -0.3 is 24.2 Å². The summed E-state index contributed by atoms with van der Waals surface area (Å²) < 4.78 is 16.5. The van der Waals surface area contributed by atoms with Gasteiger partial charge in [0.05, 0.1) is 38.6 Å². The van der Waals surface area contributed by atoms with Crippen molar-refractivity contribution in [2.75, 3.05) is 32.8 Å². The smallest absolute Gasteiger partial charge is 0.339 e. The monoisotopic (exact) mass is 477 g/mol. The number of hydrogen-bond donors (Lipinski definition) is 1. The number of carboxylic acid groups (broad SMARTS) is 1. The van der Waals surface area contributed by atoms with Gasteiger partial charge in [0.25, 0.3) is 0 Å². The minimum atomic E-state index is -1.03. The fourth-order valence-corrected chi connectivity index (χ4v) is 4.63. The number of benzene rings is 2. The second-order valence-electron chi connectivity index (χ2n) is 8.60. The topological polar surface area (TPSA) is 94.0 Å². The molecular formula is C27H31N3O5. The lowest BCUT2D eigenvalue weighted by atomic mass is 10.0. The molecule has 8 heteroatoms. The van der Waals surface area contributed by atoms with Gasteiger partial charge in [0, 0.05) is 18.3 Å². The summed E-state index contributed by atoms with van der Waals surface area (Å²) in [6.07, 6.45) is 4.42. The molecule has 1 fully saturated rings. The molecule has 0 bridgehead atoms. The highest BCUT2D eigenvalue weighted by atomic mass is 16.5. The molecule has 0 aliphatic carbocycles. The summed E-state index contributed by atoms with van der Waals surface area (Å²) in [5, 5.41) is 9.75. The average Bonchev–Trinajstić information content (AvgIpc) is 3.37.